The average molecular weight is 370 g/mol. The van der Waals surface area contributed by atoms with Gasteiger partial charge in [-0.3, -0.25) is 4.68 Å². The van der Waals surface area contributed by atoms with Crippen LogP contribution < -0.4 is 10.6 Å². The third-order valence-electron chi connectivity index (χ3n) is 5.92. The maximum Gasteiger partial charge on any atom is 0.171 e. The van der Waals surface area contributed by atoms with Gasteiger partial charge in [-0.25, -0.2) is 0 Å². The Kier molecular flexibility index (Phi) is 4.96. The van der Waals surface area contributed by atoms with Crippen molar-refractivity contribution < 1.29 is 0 Å². The molecule has 2 aliphatic rings. The molecule has 2 saturated heterocycles. The minimum absolute atomic E-state index is 0.478. The minimum Gasteiger partial charge on any atom is -0.360 e. The zero-order valence-electron chi connectivity index (χ0n) is 15.5. The molecule has 26 heavy (non-hydrogen) atoms. The Bertz CT molecular complexity index is 772. The van der Waals surface area contributed by atoms with Crippen LogP contribution in [0.1, 0.15) is 36.8 Å². The Morgan fingerprint density at radius 3 is 2.69 bits per heavy atom. The maximum absolute atomic E-state index is 5.53. The van der Waals surface area contributed by atoms with Gasteiger partial charge < -0.3 is 15.5 Å². The average Bonchev–Trinajstić information content (AvgIpc) is 3.10. The fraction of sp³-hybridized carbons (Fsp3) is 0.500. The Morgan fingerprint density at radius 1 is 1.23 bits per heavy atom. The number of aromatic nitrogens is 2. The molecule has 138 valence electrons. The highest BCUT2D eigenvalue weighted by Gasteiger charge is 2.38. The Balaban J connectivity index is 1.31. The molecule has 0 radical (unpaired) electrons. The summed E-state index contributed by atoms with van der Waals surface area (Å²) in [4.78, 5) is 2.55. The molecule has 0 spiro atoms. The number of nitrogens with one attached hydrogen (secondary N) is 2. The van der Waals surface area contributed by atoms with Gasteiger partial charge in [0.1, 0.15) is 0 Å². The van der Waals surface area contributed by atoms with Crippen molar-refractivity contribution in [2.24, 2.45) is 0 Å². The van der Waals surface area contributed by atoms with Crippen LogP contribution in [0.2, 0.25) is 0 Å². The van der Waals surface area contributed by atoms with Crippen molar-refractivity contribution in [1.82, 2.24) is 20.0 Å². The van der Waals surface area contributed by atoms with Gasteiger partial charge in [0.2, 0.25) is 0 Å². The molecule has 2 bridgehead atoms. The van der Waals surface area contributed by atoms with Crippen molar-refractivity contribution in [1.29, 1.82) is 0 Å². The van der Waals surface area contributed by atoms with Crippen LogP contribution in [0, 0.1) is 6.92 Å². The molecule has 5 nitrogen and oxygen atoms in total. The number of rotatable bonds is 4. The molecule has 0 aliphatic carbocycles. The molecular formula is C20H27N5S. The second-order valence-electron chi connectivity index (χ2n) is 7.67. The van der Waals surface area contributed by atoms with Gasteiger partial charge in [0, 0.05) is 24.3 Å². The van der Waals surface area contributed by atoms with Gasteiger partial charge in [-0.05, 0) is 63.0 Å². The maximum atomic E-state index is 5.53. The second kappa shape index (κ2) is 7.37. The lowest BCUT2D eigenvalue weighted by atomic mass is 9.98. The number of thiocarbonyl (C=S) groups is 1. The zero-order chi connectivity index (χ0) is 18.1. The molecule has 1 unspecified atom stereocenters. The number of hydrogen-bond donors (Lipinski definition) is 2. The van der Waals surface area contributed by atoms with Crippen molar-refractivity contribution >= 4 is 23.0 Å². The largest absolute Gasteiger partial charge is 0.360 e. The Labute approximate surface area is 160 Å². The molecule has 2 N–H and O–H groups in total. The summed E-state index contributed by atoms with van der Waals surface area (Å²) in [5.41, 5.74) is 3.50. The van der Waals surface area contributed by atoms with Gasteiger partial charge in [-0.15, -0.1) is 0 Å². The molecule has 6 heteroatoms. The topological polar surface area (TPSA) is 45.1 Å². The number of aryl methyl sites for hydroxylation is 1. The first kappa shape index (κ1) is 17.5. The summed E-state index contributed by atoms with van der Waals surface area (Å²) in [5, 5.41) is 12.0. The lowest BCUT2D eigenvalue weighted by Crippen LogP contribution is -2.49. The van der Waals surface area contributed by atoms with E-state index in [0.29, 0.717) is 23.2 Å². The van der Waals surface area contributed by atoms with Crippen molar-refractivity contribution in [2.75, 3.05) is 12.4 Å². The van der Waals surface area contributed by atoms with Crippen LogP contribution >= 0.6 is 12.2 Å². The van der Waals surface area contributed by atoms with E-state index in [1.54, 1.807) is 0 Å². The van der Waals surface area contributed by atoms with Crippen LogP contribution in [-0.4, -0.2) is 45.0 Å². The van der Waals surface area contributed by atoms with Crippen LogP contribution in [0.5, 0.6) is 0 Å². The normalized spacial score (nSPS) is 25.2. The standard InChI is InChI=1S/C20H27N5S/c1-14-5-3-4-6-15(14)12-25-13-17(11-21-25)23-20(26)22-16-9-18-7-8-19(10-16)24(18)2/h3-6,11,13,16,18-19H,7-10,12H2,1-2H3,(H2,22,23,26)/t16?,18-,19+. The van der Waals surface area contributed by atoms with Gasteiger partial charge in [0.25, 0.3) is 0 Å². The zero-order valence-corrected chi connectivity index (χ0v) is 16.3. The molecule has 3 atom stereocenters. The van der Waals surface area contributed by atoms with Crippen LogP contribution in [0.15, 0.2) is 36.7 Å². The summed E-state index contributed by atoms with van der Waals surface area (Å²) >= 11 is 5.53. The number of fused-ring (bicyclic) bond motifs is 2. The highest BCUT2D eigenvalue weighted by Crippen LogP contribution is 2.34. The summed E-state index contributed by atoms with van der Waals surface area (Å²) in [5.74, 6) is 0. The molecule has 2 fully saturated rings. The SMILES string of the molecule is Cc1ccccc1Cn1cc(NC(=S)NC2C[C@H]3CC[C@@H](C2)N3C)cn1. The summed E-state index contributed by atoms with van der Waals surface area (Å²) < 4.78 is 1.95. The fourth-order valence-corrected chi connectivity index (χ4v) is 4.64. The molecule has 4 rings (SSSR count). The van der Waals surface area contributed by atoms with E-state index in [4.69, 9.17) is 12.2 Å². The van der Waals surface area contributed by atoms with Crippen molar-refractivity contribution in [2.45, 2.75) is 57.3 Å². The van der Waals surface area contributed by atoms with E-state index >= 15 is 0 Å². The van der Waals surface area contributed by atoms with Crippen molar-refractivity contribution in [3.63, 3.8) is 0 Å². The number of piperidine rings is 1. The number of hydrogen-bond acceptors (Lipinski definition) is 3. The first-order chi connectivity index (χ1) is 12.6. The van der Waals surface area contributed by atoms with Crippen molar-refractivity contribution in [3.8, 4) is 0 Å². The molecule has 2 aromatic rings. The van der Waals surface area contributed by atoms with E-state index in [1.807, 2.05) is 17.1 Å². The molecular weight excluding hydrogens is 342 g/mol. The van der Waals surface area contributed by atoms with Crippen LogP contribution in [0.4, 0.5) is 5.69 Å². The van der Waals surface area contributed by atoms with E-state index in [9.17, 15) is 0 Å². The van der Waals surface area contributed by atoms with E-state index in [-0.39, 0.29) is 0 Å². The van der Waals surface area contributed by atoms with Gasteiger partial charge in [0.05, 0.1) is 18.4 Å². The van der Waals surface area contributed by atoms with Gasteiger partial charge in [0.15, 0.2) is 5.11 Å². The first-order valence-corrected chi connectivity index (χ1v) is 9.86. The smallest absolute Gasteiger partial charge is 0.171 e. The first-order valence-electron chi connectivity index (χ1n) is 9.45. The summed E-state index contributed by atoms with van der Waals surface area (Å²) in [6.45, 7) is 2.90. The predicted molar refractivity (Wildman–Crippen MR) is 109 cm³/mol. The van der Waals surface area contributed by atoms with E-state index in [1.165, 1.54) is 36.8 Å². The third-order valence-corrected chi connectivity index (χ3v) is 6.14. The molecule has 0 amide bonds. The van der Waals surface area contributed by atoms with Gasteiger partial charge in [-0.1, -0.05) is 24.3 Å². The molecule has 0 saturated carbocycles. The Morgan fingerprint density at radius 2 is 1.96 bits per heavy atom. The second-order valence-corrected chi connectivity index (χ2v) is 8.08. The molecule has 2 aliphatic heterocycles. The summed E-state index contributed by atoms with van der Waals surface area (Å²) in [6.07, 6.45) is 8.86. The van der Waals surface area contributed by atoms with E-state index in [2.05, 4.69) is 58.9 Å². The predicted octanol–water partition coefficient (Wildman–Crippen LogP) is 3.15. The Hall–Kier alpha value is -1.92. The van der Waals surface area contributed by atoms with Crippen LogP contribution in [0.25, 0.3) is 0 Å². The lowest BCUT2D eigenvalue weighted by Gasteiger charge is -2.37. The van der Waals surface area contributed by atoms with E-state index < -0.39 is 0 Å². The fourth-order valence-electron chi connectivity index (χ4n) is 4.36. The lowest BCUT2D eigenvalue weighted by molar-refractivity contribution is 0.156. The van der Waals surface area contributed by atoms with E-state index in [0.717, 1.165) is 12.2 Å². The summed E-state index contributed by atoms with van der Waals surface area (Å²) in [6, 6.07) is 10.3. The molecule has 3 heterocycles. The minimum atomic E-state index is 0.478. The van der Waals surface area contributed by atoms with Gasteiger partial charge in [-0.2, -0.15) is 5.10 Å². The highest BCUT2D eigenvalue weighted by atomic mass is 32.1. The number of benzene rings is 1. The third kappa shape index (κ3) is 3.76. The molecule has 1 aromatic carbocycles. The molecule has 1 aromatic heterocycles. The van der Waals surface area contributed by atoms with Gasteiger partial charge >= 0.3 is 0 Å². The highest BCUT2D eigenvalue weighted by molar-refractivity contribution is 7.80. The number of nitrogens with zero attached hydrogens (tertiary/aromatic N) is 3. The number of anilines is 1. The quantitative estimate of drug-likeness (QED) is 0.811. The van der Waals surface area contributed by atoms with Crippen LogP contribution in [0.3, 0.4) is 0 Å². The van der Waals surface area contributed by atoms with Crippen LogP contribution in [-0.2, 0) is 6.54 Å². The summed E-state index contributed by atoms with van der Waals surface area (Å²) in [7, 11) is 2.26. The van der Waals surface area contributed by atoms with Crippen molar-refractivity contribution in [3.05, 3.63) is 47.8 Å². The monoisotopic (exact) mass is 369 g/mol.